The second-order valence-electron chi connectivity index (χ2n) is 11.4. The molecule has 2 aromatic heterocycles. The zero-order chi connectivity index (χ0) is 27.5. The number of hydrogen-bond donors (Lipinski definition) is 2. The number of fused-ring (bicyclic) bond motifs is 2. The lowest BCUT2D eigenvalue weighted by Gasteiger charge is -2.37. The molecule has 3 amide bonds. The van der Waals surface area contributed by atoms with E-state index in [9.17, 15) is 32.8 Å². The quantitative estimate of drug-likeness (QED) is 0.631. The van der Waals surface area contributed by atoms with E-state index in [0.717, 1.165) is 0 Å². The highest BCUT2D eigenvalue weighted by atomic mass is 19.4. The monoisotopic (exact) mass is 518 g/mol. The summed E-state index contributed by atoms with van der Waals surface area (Å²) in [5.41, 5.74) is -0.226. The summed E-state index contributed by atoms with van der Waals surface area (Å²) in [4.78, 5) is 40.2. The number of nitriles is 1. The van der Waals surface area contributed by atoms with Crippen molar-refractivity contribution >= 4 is 23.2 Å². The van der Waals surface area contributed by atoms with Crippen molar-refractivity contribution in [1.29, 1.82) is 5.26 Å². The number of pyridine rings is 1. The van der Waals surface area contributed by atoms with Crippen LogP contribution < -0.4 is 10.6 Å². The number of aromatic nitrogens is 2. The molecule has 0 aromatic carbocycles. The van der Waals surface area contributed by atoms with Gasteiger partial charge in [-0.1, -0.05) is 40.7 Å². The molecule has 12 heteroatoms. The lowest BCUT2D eigenvalue weighted by atomic mass is 9.85. The largest absolute Gasteiger partial charge is 0.471 e. The van der Waals surface area contributed by atoms with Gasteiger partial charge in [-0.2, -0.15) is 23.5 Å². The molecule has 2 aliphatic rings. The summed E-state index contributed by atoms with van der Waals surface area (Å²) in [6.45, 7) is 8.71. The lowest BCUT2D eigenvalue weighted by Crippen LogP contribution is -2.60. The molecule has 5 atom stereocenters. The van der Waals surface area contributed by atoms with Gasteiger partial charge in [-0.3, -0.25) is 14.4 Å². The van der Waals surface area contributed by atoms with Gasteiger partial charge in [0, 0.05) is 18.3 Å². The van der Waals surface area contributed by atoms with Crippen LogP contribution in [0.25, 0.3) is 5.52 Å². The molecule has 0 spiro atoms. The number of alkyl halides is 3. The maximum absolute atomic E-state index is 13.6. The predicted molar refractivity (Wildman–Crippen MR) is 125 cm³/mol. The third kappa shape index (κ3) is 4.63. The number of hydrogen-bond acceptors (Lipinski definition) is 5. The summed E-state index contributed by atoms with van der Waals surface area (Å²) in [6, 6.07) is 3.78. The van der Waals surface area contributed by atoms with Crippen LogP contribution in [0.1, 0.15) is 46.2 Å². The first-order valence-corrected chi connectivity index (χ1v) is 11.9. The van der Waals surface area contributed by atoms with Gasteiger partial charge in [-0.15, -0.1) is 0 Å². The molecular formula is C25H29F3N6O3. The van der Waals surface area contributed by atoms with E-state index in [4.69, 9.17) is 0 Å². The minimum absolute atomic E-state index is 0.0383. The van der Waals surface area contributed by atoms with Crippen molar-refractivity contribution in [3.8, 4) is 6.07 Å². The molecule has 0 radical (unpaired) electrons. The number of amides is 3. The van der Waals surface area contributed by atoms with Crippen LogP contribution in [-0.2, 0) is 14.4 Å². The van der Waals surface area contributed by atoms with Crippen molar-refractivity contribution in [3.63, 3.8) is 0 Å². The fourth-order valence-corrected chi connectivity index (χ4v) is 5.42. The Hall–Kier alpha value is -3.62. The molecule has 3 heterocycles. The molecule has 1 unspecified atom stereocenters. The van der Waals surface area contributed by atoms with Gasteiger partial charge in [0.1, 0.15) is 18.1 Å². The van der Waals surface area contributed by atoms with Crippen LogP contribution in [-0.4, -0.2) is 57.0 Å². The van der Waals surface area contributed by atoms with Gasteiger partial charge in [0.05, 0.1) is 17.8 Å². The molecule has 37 heavy (non-hydrogen) atoms. The summed E-state index contributed by atoms with van der Waals surface area (Å²) in [5.74, 6) is -3.84. The Labute approximate surface area is 212 Å². The number of halogens is 3. The number of nitrogens with one attached hydrogen (secondary N) is 2. The lowest BCUT2D eigenvalue weighted by molar-refractivity contribution is -0.176. The summed E-state index contributed by atoms with van der Waals surface area (Å²) in [7, 11) is 0. The third-order valence-corrected chi connectivity index (χ3v) is 7.59. The van der Waals surface area contributed by atoms with Gasteiger partial charge in [-0.05, 0) is 34.8 Å². The Morgan fingerprint density at radius 2 is 1.86 bits per heavy atom. The smallest absolute Gasteiger partial charge is 0.336 e. The Balaban J connectivity index is 1.61. The highest BCUT2D eigenvalue weighted by Crippen LogP contribution is 2.65. The Bertz CT molecular complexity index is 1290. The van der Waals surface area contributed by atoms with E-state index >= 15 is 0 Å². The average Bonchev–Trinajstić information content (AvgIpc) is 3.19. The predicted octanol–water partition coefficient (Wildman–Crippen LogP) is 2.59. The van der Waals surface area contributed by atoms with Gasteiger partial charge >= 0.3 is 12.1 Å². The number of nitrogens with zero attached hydrogens (tertiary/aromatic N) is 4. The van der Waals surface area contributed by atoms with E-state index in [1.807, 2.05) is 19.2 Å². The maximum Gasteiger partial charge on any atom is 0.471 e. The first-order valence-electron chi connectivity index (χ1n) is 11.9. The summed E-state index contributed by atoms with van der Waals surface area (Å²) < 4.78 is 40.6. The number of piperidine rings is 1. The van der Waals surface area contributed by atoms with Crippen molar-refractivity contribution < 1.29 is 27.6 Å². The van der Waals surface area contributed by atoms with Gasteiger partial charge in [0.15, 0.2) is 0 Å². The van der Waals surface area contributed by atoms with Crippen molar-refractivity contribution in [1.82, 2.24) is 25.1 Å². The number of carbonyl (C=O) groups is 3. The van der Waals surface area contributed by atoms with Crippen molar-refractivity contribution in [2.24, 2.45) is 22.7 Å². The normalized spacial score (nSPS) is 24.1. The molecule has 2 aromatic rings. The molecule has 1 aliphatic heterocycles. The molecule has 1 saturated carbocycles. The SMILES string of the molecule is CC(C)(C)[C@H](NC(=O)C(F)(F)F)C(=O)N1C[C@H]2[C@@H]([C@H]1C(=O)NC(C#N)c1cnn3ccccc13)C2(C)C. The first kappa shape index (κ1) is 26.4. The molecule has 0 bridgehead atoms. The van der Waals surface area contributed by atoms with Gasteiger partial charge in [0.2, 0.25) is 11.8 Å². The number of rotatable bonds is 5. The van der Waals surface area contributed by atoms with E-state index in [1.165, 1.54) is 11.1 Å². The fourth-order valence-electron chi connectivity index (χ4n) is 5.42. The van der Waals surface area contributed by atoms with Crippen LogP contribution in [0, 0.1) is 34.0 Å². The topological polar surface area (TPSA) is 120 Å². The van der Waals surface area contributed by atoms with Gasteiger partial charge in [0.25, 0.3) is 0 Å². The zero-order valence-corrected chi connectivity index (χ0v) is 21.1. The van der Waals surface area contributed by atoms with Crippen LogP contribution in [0.2, 0.25) is 0 Å². The van der Waals surface area contributed by atoms with Crippen LogP contribution in [0.3, 0.4) is 0 Å². The third-order valence-electron chi connectivity index (χ3n) is 7.59. The fraction of sp³-hybridized carbons (Fsp3) is 0.560. The molecular weight excluding hydrogens is 489 g/mol. The van der Waals surface area contributed by atoms with E-state index in [2.05, 4.69) is 16.5 Å². The van der Waals surface area contributed by atoms with E-state index in [1.54, 1.807) is 49.7 Å². The van der Waals surface area contributed by atoms with Crippen LogP contribution in [0.15, 0.2) is 30.6 Å². The highest BCUT2D eigenvalue weighted by molar-refractivity contribution is 5.95. The first-order chi connectivity index (χ1) is 17.1. The Kier molecular flexibility index (Phi) is 6.25. The molecule has 198 valence electrons. The number of likely N-dealkylation sites (tertiary alicyclic amines) is 1. The molecule has 9 nitrogen and oxygen atoms in total. The van der Waals surface area contributed by atoms with Crippen LogP contribution in [0.5, 0.6) is 0 Å². The van der Waals surface area contributed by atoms with Gasteiger partial charge < -0.3 is 15.5 Å². The second-order valence-corrected chi connectivity index (χ2v) is 11.4. The van der Waals surface area contributed by atoms with Crippen LogP contribution in [0.4, 0.5) is 13.2 Å². The van der Waals surface area contributed by atoms with E-state index in [0.29, 0.717) is 11.1 Å². The minimum Gasteiger partial charge on any atom is -0.336 e. The molecule has 1 saturated heterocycles. The summed E-state index contributed by atoms with van der Waals surface area (Å²) >= 11 is 0. The molecule has 2 N–H and O–H groups in total. The zero-order valence-electron chi connectivity index (χ0n) is 21.1. The summed E-state index contributed by atoms with van der Waals surface area (Å²) in [6.07, 6.45) is -1.98. The van der Waals surface area contributed by atoms with Gasteiger partial charge in [-0.25, -0.2) is 4.52 Å². The van der Waals surface area contributed by atoms with Crippen LogP contribution >= 0.6 is 0 Å². The van der Waals surface area contributed by atoms with Crippen molar-refractivity contribution in [2.45, 2.75) is 58.9 Å². The van der Waals surface area contributed by atoms with Crippen molar-refractivity contribution in [3.05, 3.63) is 36.2 Å². The highest BCUT2D eigenvalue weighted by Gasteiger charge is 2.70. The molecule has 4 rings (SSSR count). The van der Waals surface area contributed by atoms with Crippen molar-refractivity contribution in [2.75, 3.05) is 6.54 Å². The second kappa shape index (κ2) is 8.75. The standard InChI is InChI=1S/C25H29F3N6O3/c1-23(2,3)19(32-22(37)25(26,27)28)21(36)33-12-14-17(24(14,4)5)18(33)20(35)31-15(10-29)13-11-30-34-9-7-6-8-16(13)34/h6-9,11,14-15,17-19H,12H2,1-5H3,(H,31,35)(H,32,37)/t14-,15?,17-,18-,19+/m0/s1. The minimum atomic E-state index is -5.16. The maximum atomic E-state index is 13.6. The number of carbonyl (C=O) groups excluding carboxylic acids is 3. The summed E-state index contributed by atoms with van der Waals surface area (Å²) in [5, 5.41) is 18.6. The molecule has 1 aliphatic carbocycles. The Morgan fingerprint density at radius 1 is 1.19 bits per heavy atom. The molecule has 2 fully saturated rings. The van der Waals surface area contributed by atoms with E-state index in [-0.39, 0.29) is 23.8 Å². The van der Waals surface area contributed by atoms with E-state index < -0.39 is 47.4 Å². The Morgan fingerprint density at radius 3 is 2.46 bits per heavy atom. The average molecular weight is 519 g/mol.